The van der Waals surface area contributed by atoms with Crippen LogP contribution in [0.2, 0.25) is 0 Å². The molecule has 3 heterocycles. The van der Waals surface area contributed by atoms with E-state index in [2.05, 4.69) is 67.0 Å². The molecule has 1 aromatic heterocycles. The number of carbonyl (C=O) groups is 1. The van der Waals surface area contributed by atoms with Crippen LogP contribution in [0.5, 0.6) is 0 Å². The Bertz CT molecular complexity index is 1120. The molecular formula is C28H36N4O2. The Morgan fingerprint density at radius 1 is 1.15 bits per heavy atom. The summed E-state index contributed by atoms with van der Waals surface area (Å²) in [6.07, 6.45) is 3.47. The average Bonchev–Trinajstić information content (AvgIpc) is 3.23. The number of benzene rings is 1. The van der Waals surface area contributed by atoms with Crippen LogP contribution < -0.4 is 5.32 Å². The Kier molecular flexibility index (Phi) is 6.22. The lowest BCUT2D eigenvalue weighted by Crippen LogP contribution is -2.63. The highest BCUT2D eigenvalue weighted by Crippen LogP contribution is 2.50. The summed E-state index contributed by atoms with van der Waals surface area (Å²) < 4.78 is 0. The maximum Gasteiger partial charge on any atom is 0.318 e. The molecule has 6 nitrogen and oxygen atoms in total. The summed E-state index contributed by atoms with van der Waals surface area (Å²) in [5, 5.41) is 15.2. The molecular weight excluding hydrogens is 424 g/mol. The third-order valence-corrected chi connectivity index (χ3v) is 7.31. The molecule has 2 N–H and O–H groups in total. The van der Waals surface area contributed by atoms with Gasteiger partial charge >= 0.3 is 6.03 Å². The minimum absolute atomic E-state index is 0.0903. The van der Waals surface area contributed by atoms with Crippen molar-refractivity contribution in [3.05, 3.63) is 65.0 Å². The molecule has 2 saturated heterocycles. The van der Waals surface area contributed by atoms with Crippen molar-refractivity contribution < 1.29 is 9.90 Å². The Labute approximate surface area is 203 Å². The summed E-state index contributed by atoms with van der Waals surface area (Å²) in [5.74, 6) is 6.88. The average molecular weight is 461 g/mol. The lowest BCUT2D eigenvalue weighted by molar-refractivity contribution is -0.127. The summed E-state index contributed by atoms with van der Waals surface area (Å²) in [7, 11) is 2.07. The molecule has 0 aliphatic carbocycles. The molecule has 1 aromatic carbocycles. The van der Waals surface area contributed by atoms with Crippen LogP contribution in [0.4, 0.5) is 4.79 Å². The lowest BCUT2D eigenvalue weighted by atomic mass is 9.62. The van der Waals surface area contributed by atoms with E-state index in [0.717, 1.165) is 29.8 Å². The van der Waals surface area contributed by atoms with Gasteiger partial charge in [0.05, 0.1) is 0 Å². The molecule has 4 rings (SSSR count). The minimum Gasteiger partial charge on any atom is -0.380 e. The van der Waals surface area contributed by atoms with Gasteiger partial charge in [-0.3, -0.25) is 4.98 Å². The first-order valence-electron chi connectivity index (χ1n) is 12.0. The van der Waals surface area contributed by atoms with Crippen LogP contribution in [0.1, 0.15) is 62.8 Å². The van der Waals surface area contributed by atoms with Crippen LogP contribution in [0, 0.1) is 17.3 Å². The van der Waals surface area contributed by atoms with Crippen LogP contribution in [0.3, 0.4) is 0 Å². The zero-order chi connectivity index (χ0) is 24.7. The van der Waals surface area contributed by atoms with E-state index in [1.54, 1.807) is 17.3 Å². The molecule has 0 radical (unpaired) electrons. The Hall–Kier alpha value is -2.88. The van der Waals surface area contributed by atoms with E-state index in [0.29, 0.717) is 19.0 Å². The molecule has 2 fully saturated rings. The van der Waals surface area contributed by atoms with Crippen LogP contribution in [0.25, 0.3) is 0 Å². The van der Waals surface area contributed by atoms with E-state index >= 15 is 0 Å². The number of amides is 2. The number of nitrogens with one attached hydrogen (secondary N) is 1. The zero-order valence-corrected chi connectivity index (χ0v) is 21.1. The van der Waals surface area contributed by atoms with Crippen molar-refractivity contribution >= 4 is 6.03 Å². The van der Waals surface area contributed by atoms with Gasteiger partial charge in [-0.2, -0.15) is 0 Å². The van der Waals surface area contributed by atoms with E-state index in [-0.39, 0.29) is 11.4 Å². The van der Waals surface area contributed by atoms with Gasteiger partial charge in [-0.05, 0) is 44.0 Å². The number of pyridine rings is 1. The molecule has 180 valence electrons. The Morgan fingerprint density at radius 2 is 1.82 bits per heavy atom. The summed E-state index contributed by atoms with van der Waals surface area (Å²) in [4.78, 5) is 20.5. The second kappa shape index (κ2) is 8.72. The number of nitrogens with zero attached hydrogens (tertiary/aromatic N) is 3. The molecule has 0 saturated carbocycles. The van der Waals surface area contributed by atoms with Gasteiger partial charge in [0, 0.05) is 55.1 Å². The standard InChI is InChI=1S/C28H36N4O2/c1-20(2)22-7-9-23(10-8-22)28(34,27(5)18-31(6)19-27)24-15-21(16-29-17-24)11-12-26(3,4)32-14-13-30-25(32)33/h7-10,15-17,20,34H,13-14,18-19H2,1-6H3,(H,30,33)/t28-/m0/s1. The normalized spacial score (nSPS) is 19.8. The predicted molar refractivity (Wildman–Crippen MR) is 134 cm³/mol. The van der Waals surface area contributed by atoms with Gasteiger partial charge in [0.1, 0.15) is 11.1 Å². The van der Waals surface area contributed by atoms with Crippen molar-refractivity contribution in [2.45, 2.75) is 51.7 Å². The number of likely N-dealkylation sites (tertiary alicyclic amines) is 1. The highest BCUT2D eigenvalue weighted by Gasteiger charge is 2.55. The van der Waals surface area contributed by atoms with Crippen molar-refractivity contribution in [2.24, 2.45) is 5.41 Å². The number of hydrogen-bond donors (Lipinski definition) is 2. The van der Waals surface area contributed by atoms with Crippen LogP contribution >= 0.6 is 0 Å². The summed E-state index contributed by atoms with van der Waals surface area (Å²) >= 11 is 0. The fourth-order valence-corrected chi connectivity index (χ4v) is 5.35. The lowest BCUT2D eigenvalue weighted by Gasteiger charge is -2.55. The number of carbonyl (C=O) groups excluding carboxylic acids is 1. The van der Waals surface area contributed by atoms with Crippen LogP contribution in [-0.4, -0.2) is 64.7 Å². The monoisotopic (exact) mass is 460 g/mol. The smallest absolute Gasteiger partial charge is 0.318 e. The van der Waals surface area contributed by atoms with Gasteiger partial charge in [-0.25, -0.2) is 4.79 Å². The van der Waals surface area contributed by atoms with Crippen molar-refractivity contribution in [1.82, 2.24) is 20.1 Å². The molecule has 0 spiro atoms. The third-order valence-electron chi connectivity index (χ3n) is 7.31. The fourth-order valence-electron chi connectivity index (χ4n) is 5.35. The molecule has 2 amide bonds. The largest absolute Gasteiger partial charge is 0.380 e. The van der Waals surface area contributed by atoms with E-state index in [9.17, 15) is 9.90 Å². The topological polar surface area (TPSA) is 68.7 Å². The van der Waals surface area contributed by atoms with Crippen molar-refractivity contribution in [1.29, 1.82) is 0 Å². The second-order valence-corrected chi connectivity index (χ2v) is 10.9. The molecule has 1 atom stereocenters. The van der Waals surface area contributed by atoms with E-state index in [1.807, 2.05) is 32.0 Å². The first-order chi connectivity index (χ1) is 16.0. The highest BCUT2D eigenvalue weighted by molar-refractivity contribution is 5.77. The van der Waals surface area contributed by atoms with Gasteiger partial charge in [-0.1, -0.05) is 56.9 Å². The molecule has 2 aromatic rings. The number of rotatable bonds is 5. The van der Waals surface area contributed by atoms with Crippen LogP contribution in [0.15, 0.2) is 42.7 Å². The minimum atomic E-state index is -1.20. The second-order valence-electron chi connectivity index (χ2n) is 10.9. The van der Waals surface area contributed by atoms with Gasteiger partial charge in [0.25, 0.3) is 0 Å². The summed E-state index contributed by atoms with van der Waals surface area (Å²) in [6.45, 7) is 13.2. The molecule has 0 unspecified atom stereocenters. The quantitative estimate of drug-likeness (QED) is 0.670. The first kappa shape index (κ1) is 24.3. The Balaban J connectivity index is 1.73. The molecule has 6 heteroatoms. The van der Waals surface area contributed by atoms with Crippen LogP contribution in [-0.2, 0) is 5.60 Å². The molecule has 34 heavy (non-hydrogen) atoms. The van der Waals surface area contributed by atoms with Crippen molar-refractivity contribution in [3.8, 4) is 11.8 Å². The highest BCUT2D eigenvalue weighted by atomic mass is 16.3. The number of urea groups is 1. The van der Waals surface area contributed by atoms with E-state index in [1.165, 1.54) is 5.56 Å². The first-order valence-corrected chi connectivity index (χ1v) is 12.0. The Morgan fingerprint density at radius 3 is 2.38 bits per heavy atom. The number of hydrogen-bond acceptors (Lipinski definition) is 4. The third kappa shape index (κ3) is 4.19. The predicted octanol–water partition coefficient (Wildman–Crippen LogP) is 3.55. The van der Waals surface area contributed by atoms with E-state index in [4.69, 9.17) is 0 Å². The zero-order valence-electron chi connectivity index (χ0n) is 21.1. The van der Waals surface area contributed by atoms with Crippen molar-refractivity contribution in [3.63, 3.8) is 0 Å². The fraction of sp³-hybridized carbons (Fsp3) is 0.500. The van der Waals surface area contributed by atoms with Gasteiger partial charge in [-0.15, -0.1) is 0 Å². The van der Waals surface area contributed by atoms with Gasteiger partial charge < -0.3 is 20.2 Å². The van der Waals surface area contributed by atoms with Gasteiger partial charge in [0.15, 0.2) is 0 Å². The SMILES string of the molecule is CC(C)c1ccc([C@](O)(c2cncc(C#CC(C)(C)N3CCNC3=O)c2)C2(C)CN(C)C2)cc1. The molecule has 0 bridgehead atoms. The van der Waals surface area contributed by atoms with E-state index < -0.39 is 11.1 Å². The van der Waals surface area contributed by atoms with Crippen molar-refractivity contribution in [2.75, 3.05) is 33.2 Å². The number of aliphatic hydroxyl groups is 1. The molecule has 2 aliphatic heterocycles. The van der Waals surface area contributed by atoms with Gasteiger partial charge in [0.2, 0.25) is 0 Å². The summed E-state index contributed by atoms with van der Waals surface area (Å²) in [6, 6.07) is 10.2. The number of aromatic nitrogens is 1. The maximum atomic E-state index is 12.4. The molecule has 2 aliphatic rings. The summed E-state index contributed by atoms with van der Waals surface area (Å²) in [5.41, 5.74) is 1.40. The maximum absolute atomic E-state index is 12.4.